The van der Waals surface area contributed by atoms with Gasteiger partial charge in [0.15, 0.2) is 0 Å². The Labute approximate surface area is 179 Å². The second kappa shape index (κ2) is 12.2. The van der Waals surface area contributed by atoms with Crippen LogP contribution in [0.1, 0.15) is 24.8 Å². The van der Waals surface area contributed by atoms with Gasteiger partial charge in [-0.1, -0.05) is 6.07 Å². The lowest BCUT2D eigenvalue weighted by atomic mass is 9.81. The average Bonchev–Trinajstić information content (AvgIpc) is 2.63. The number of rotatable bonds is 5. The van der Waals surface area contributed by atoms with Crippen molar-refractivity contribution < 1.29 is 50.9 Å². The molecule has 2 rings (SSSR count). The molecule has 1 aliphatic heterocycles. The van der Waals surface area contributed by atoms with Crippen LogP contribution < -0.4 is 5.32 Å². The summed E-state index contributed by atoms with van der Waals surface area (Å²) in [6, 6.07) is 4.04. The predicted molar refractivity (Wildman–Crippen MR) is 98.6 cm³/mol. The molecule has 32 heavy (non-hydrogen) atoms. The minimum Gasteiger partial charge on any atom is -0.475 e. The monoisotopic (exact) mass is 475 g/mol. The fourth-order valence-corrected chi connectivity index (χ4v) is 2.50. The molecule has 8 nitrogen and oxygen atoms in total. The molecule has 182 valence electrons. The van der Waals surface area contributed by atoms with E-state index in [0.29, 0.717) is 0 Å². The predicted octanol–water partition coefficient (Wildman–Crippen LogP) is 2.49. The van der Waals surface area contributed by atoms with Crippen molar-refractivity contribution in [2.45, 2.75) is 43.6 Å². The summed E-state index contributed by atoms with van der Waals surface area (Å²) in [5.74, 6) is -5.31. The molecule has 0 spiro atoms. The van der Waals surface area contributed by atoms with Crippen molar-refractivity contribution in [2.75, 3.05) is 20.6 Å². The molecule has 1 saturated heterocycles. The molecule has 1 aromatic rings. The van der Waals surface area contributed by atoms with Crippen molar-refractivity contribution in [3.05, 3.63) is 30.1 Å². The van der Waals surface area contributed by atoms with E-state index in [-0.39, 0.29) is 11.4 Å². The first kappa shape index (κ1) is 29.1. The number of hydrogen-bond acceptors (Lipinski definition) is 5. The fourth-order valence-electron chi connectivity index (χ4n) is 2.50. The van der Waals surface area contributed by atoms with E-state index in [9.17, 15) is 31.1 Å². The van der Waals surface area contributed by atoms with Crippen LogP contribution in [0.25, 0.3) is 0 Å². The Kier molecular flexibility index (Phi) is 11.1. The summed E-state index contributed by atoms with van der Waals surface area (Å²) in [4.78, 5) is 35.7. The van der Waals surface area contributed by atoms with Gasteiger partial charge in [0.05, 0.1) is 5.54 Å². The molecule has 1 atom stereocenters. The second-order valence-corrected chi connectivity index (χ2v) is 6.78. The molecule has 0 saturated carbocycles. The van der Waals surface area contributed by atoms with E-state index < -0.39 is 24.3 Å². The highest BCUT2D eigenvalue weighted by atomic mass is 19.4. The summed E-state index contributed by atoms with van der Waals surface area (Å²) in [5.41, 5.74) is 0.940. The fraction of sp³-hybridized carbons (Fsp3) is 0.556. The maximum Gasteiger partial charge on any atom is 0.490 e. The topological polar surface area (TPSA) is 120 Å². The number of halogens is 6. The number of aromatic nitrogens is 1. The van der Waals surface area contributed by atoms with Gasteiger partial charge in [0, 0.05) is 26.5 Å². The normalized spacial score (nSPS) is 17.5. The first-order chi connectivity index (χ1) is 14.5. The van der Waals surface area contributed by atoms with Crippen LogP contribution >= 0.6 is 0 Å². The van der Waals surface area contributed by atoms with Gasteiger partial charge in [-0.15, -0.1) is 0 Å². The maximum absolute atomic E-state index is 12.1. The highest BCUT2D eigenvalue weighted by Crippen LogP contribution is 2.27. The van der Waals surface area contributed by atoms with E-state index in [2.05, 4.69) is 16.4 Å². The Bertz CT molecular complexity index is 726. The van der Waals surface area contributed by atoms with Gasteiger partial charge in [-0.05, 0) is 43.9 Å². The molecule has 0 aliphatic carbocycles. The Morgan fingerprint density at radius 1 is 1.09 bits per heavy atom. The van der Waals surface area contributed by atoms with Crippen molar-refractivity contribution in [3.63, 3.8) is 0 Å². The smallest absolute Gasteiger partial charge is 0.475 e. The quantitative estimate of drug-likeness (QED) is 0.560. The molecule has 0 radical (unpaired) electrons. The molecule has 2 heterocycles. The summed E-state index contributed by atoms with van der Waals surface area (Å²) < 4.78 is 63.5. The summed E-state index contributed by atoms with van der Waals surface area (Å²) in [7, 11) is 3.65. The first-order valence-electron chi connectivity index (χ1n) is 8.99. The van der Waals surface area contributed by atoms with E-state index >= 15 is 0 Å². The molecule has 14 heteroatoms. The Morgan fingerprint density at radius 3 is 1.84 bits per heavy atom. The number of amides is 1. The van der Waals surface area contributed by atoms with Gasteiger partial charge in [-0.25, -0.2) is 9.59 Å². The molecule has 1 fully saturated rings. The summed E-state index contributed by atoms with van der Waals surface area (Å²) >= 11 is 0. The summed E-state index contributed by atoms with van der Waals surface area (Å²) in [6.45, 7) is 0.951. The molecular weight excluding hydrogens is 452 g/mol. The van der Waals surface area contributed by atoms with Gasteiger partial charge >= 0.3 is 24.3 Å². The minimum atomic E-state index is -5.08. The van der Waals surface area contributed by atoms with Gasteiger partial charge in [0.1, 0.15) is 0 Å². The number of carbonyl (C=O) groups is 3. The van der Waals surface area contributed by atoms with Crippen LogP contribution in [0.4, 0.5) is 26.3 Å². The SMILES string of the molecule is CN(C)C(=O)C1(CCCc2cccnc2)CCN1.O=C(O)C(F)(F)F.O=C(O)C(F)(F)F. The number of aryl methyl sites for hydroxylation is 1. The standard InChI is InChI=1S/C14H21N3O.2C2HF3O2/c1-17(2)13(18)14(8-10-16-14)7-3-5-12-6-4-9-15-11-12;2*3-2(4,5)1(6)7/h4,6,9,11,16H,3,5,7-8,10H2,1-2H3;2*(H,6,7). The molecule has 0 aromatic carbocycles. The third-order valence-corrected chi connectivity index (χ3v) is 4.11. The number of hydrogen-bond donors (Lipinski definition) is 3. The number of carbonyl (C=O) groups excluding carboxylic acids is 1. The van der Waals surface area contributed by atoms with E-state index in [0.717, 1.165) is 32.2 Å². The Balaban J connectivity index is 0.000000570. The Hall–Kier alpha value is -2.90. The van der Waals surface area contributed by atoms with E-state index in [1.165, 1.54) is 5.56 Å². The zero-order valence-corrected chi connectivity index (χ0v) is 17.1. The van der Waals surface area contributed by atoms with Crippen molar-refractivity contribution >= 4 is 17.8 Å². The summed E-state index contributed by atoms with van der Waals surface area (Å²) in [5, 5.41) is 17.6. The van der Waals surface area contributed by atoms with Crippen molar-refractivity contribution in [1.29, 1.82) is 0 Å². The van der Waals surface area contributed by atoms with Gasteiger partial charge in [-0.3, -0.25) is 9.78 Å². The number of likely N-dealkylation sites (N-methyl/N-ethyl adjacent to an activating group) is 1. The zero-order chi connectivity index (χ0) is 25.2. The maximum atomic E-state index is 12.1. The van der Waals surface area contributed by atoms with Gasteiger partial charge in [0.2, 0.25) is 5.91 Å². The molecule has 3 N–H and O–H groups in total. The van der Waals surface area contributed by atoms with Crippen molar-refractivity contribution in [3.8, 4) is 0 Å². The largest absolute Gasteiger partial charge is 0.490 e. The molecule has 1 aromatic heterocycles. The first-order valence-corrected chi connectivity index (χ1v) is 8.99. The third kappa shape index (κ3) is 10.4. The van der Waals surface area contributed by atoms with Gasteiger partial charge in [0.25, 0.3) is 0 Å². The van der Waals surface area contributed by atoms with Crippen molar-refractivity contribution in [1.82, 2.24) is 15.2 Å². The van der Waals surface area contributed by atoms with Crippen LogP contribution in [-0.2, 0) is 20.8 Å². The van der Waals surface area contributed by atoms with Crippen molar-refractivity contribution in [2.24, 2.45) is 0 Å². The van der Waals surface area contributed by atoms with Crippen LogP contribution in [0.5, 0.6) is 0 Å². The lowest BCUT2D eigenvalue weighted by molar-refractivity contribution is -0.193. The summed E-state index contributed by atoms with van der Waals surface area (Å²) in [6.07, 6.45) is -2.63. The van der Waals surface area contributed by atoms with Gasteiger partial charge in [-0.2, -0.15) is 26.3 Å². The number of carboxylic acids is 2. The van der Waals surface area contributed by atoms with Crippen LogP contribution in [0.3, 0.4) is 0 Å². The number of nitrogens with one attached hydrogen (secondary N) is 1. The number of alkyl halides is 6. The van der Waals surface area contributed by atoms with Gasteiger partial charge < -0.3 is 20.4 Å². The highest BCUT2D eigenvalue weighted by molar-refractivity contribution is 5.87. The minimum absolute atomic E-state index is 0.208. The molecule has 1 aliphatic rings. The highest BCUT2D eigenvalue weighted by Gasteiger charge is 2.44. The van der Waals surface area contributed by atoms with Crippen LogP contribution in [-0.4, -0.2) is 76.5 Å². The average molecular weight is 475 g/mol. The molecule has 0 bridgehead atoms. The molecular formula is C18H23F6N3O5. The van der Waals surface area contributed by atoms with Crippen LogP contribution in [0, 0.1) is 0 Å². The number of aliphatic carboxylic acids is 2. The van der Waals surface area contributed by atoms with E-state index in [1.54, 1.807) is 11.1 Å². The van der Waals surface area contributed by atoms with E-state index in [1.807, 2.05) is 26.4 Å². The number of carboxylic acid groups (broad SMARTS) is 2. The lowest BCUT2D eigenvalue weighted by Gasteiger charge is -2.43. The zero-order valence-electron chi connectivity index (χ0n) is 17.1. The number of pyridine rings is 1. The van der Waals surface area contributed by atoms with E-state index in [4.69, 9.17) is 19.8 Å². The number of nitrogens with zero attached hydrogens (tertiary/aromatic N) is 2. The Morgan fingerprint density at radius 2 is 1.56 bits per heavy atom. The van der Waals surface area contributed by atoms with Crippen LogP contribution in [0.15, 0.2) is 24.5 Å². The molecule has 1 amide bonds. The lowest BCUT2D eigenvalue weighted by Crippen LogP contribution is -2.65. The van der Waals surface area contributed by atoms with Crippen LogP contribution in [0.2, 0.25) is 0 Å². The molecule has 1 unspecified atom stereocenters. The third-order valence-electron chi connectivity index (χ3n) is 4.11. The second-order valence-electron chi connectivity index (χ2n) is 6.78.